The molecule has 3 rings (SSSR count). The molecule has 0 spiro atoms. The average molecular weight is 303 g/mol. The van der Waals surface area contributed by atoms with Crippen molar-refractivity contribution in [1.29, 1.82) is 5.26 Å². The van der Waals surface area contributed by atoms with Crippen LogP contribution < -0.4 is 0 Å². The van der Waals surface area contributed by atoms with Crippen LogP contribution in [-0.4, -0.2) is 0 Å². The second-order valence-corrected chi connectivity index (χ2v) is 5.95. The lowest BCUT2D eigenvalue weighted by molar-refractivity contribution is 0.0559. The van der Waals surface area contributed by atoms with Gasteiger partial charge in [0.2, 0.25) is 0 Å². The summed E-state index contributed by atoms with van der Waals surface area (Å²) >= 11 is 0. The van der Waals surface area contributed by atoms with Gasteiger partial charge in [0.15, 0.2) is 5.60 Å². The quantitative estimate of drug-likeness (QED) is 0.749. The van der Waals surface area contributed by atoms with Gasteiger partial charge in [0.05, 0.1) is 11.6 Å². The summed E-state index contributed by atoms with van der Waals surface area (Å²) in [6, 6.07) is 22.8. The van der Waals surface area contributed by atoms with Gasteiger partial charge in [0.1, 0.15) is 5.76 Å². The summed E-state index contributed by atoms with van der Waals surface area (Å²) in [5, 5.41) is 9.57. The van der Waals surface area contributed by atoms with E-state index in [-0.39, 0.29) is 0 Å². The van der Waals surface area contributed by atoms with Gasteiger partial charge in [-0.1, -0.05) is 74.0 Å². The molecular formula is C21H21NO. The summed E-state index contributed by atoms with van der Waals surface area (Å²) in [5.74, 6) is 0.863. The smallest absolute Gasteiger partial charge is 0.163 e. The van der Waals surface area contributed by atoms with Gasteiger partial charge in [-0.25, -0.2) is 0 Å². The van der Waals surface area contributed by atoms with E-state index in [0.29, 0.717) is 6.42 Å². The van der Waals surface area contributed by atoms with E-state index in [1.165, 1.54) is 0 Å². The third-order valence-corrected chi connectivity index (χ3v) is 4.43. The van der Waals surface area contributed by atoms with Crippen molar-refractivity contribution in [2.75, 3.05) is 0 Å². The summed E-state index contributed by atoms with van der Waals surface area (Å²) in [7, 11) is 0. The Hall–Kier alpha value is -2.53. The number of nitrogens with zero attached hydrogens (tertiary/aromatic N) is 1. The molecule has 0 radical (unpaired) electrons. The second-order valence-electron chi connectivity index (χ2n) is 5.95. The van der Waals surface area contributed by atoms with Gasteiger partial charge in [-0.3, -0.25) is 0 Å². The number of hydrogen-bond donors (Lipinski definition) is 0. The van der Waals surface area contributed by atoms with E-state index in [1.54, 1.807) is 0 Å². The van der Waals surface area contributed by atoms with Gasteiger partial charge in [-0.05, 0) is 6.42 Å². The molecule has 0 aromatic heterocycles. The molecule has 1 aliphatic rings. The number of nitriles is 1. The van der Waals surface area contributed by atoms with Crippen molar-refractivity contribution in [3.63, 3.8) is 0 Å². The van der Waals surface area contributed by atoms with Crippen molar-refractivity contribution in [3.8, 4) is 6.07 Å². The van der Waals surface area contributed by atoms with Gasteiger partial charge < -0.3 is 4.74 Å². The van der Waals surface area contributed by atoms with Crippen LogP contribution in [0.2, 0.25) is 0 Å². The molecule has 116 valence electrons. The van der Waals surface area contributed by atoms with E-state index in [4.69, 9.17) is 4.74 Å². The molecule has 0 saturated carbocycles. The van der Waals surface area contributed by atoms with Crippen LogP contribution >= 0.6 is 0 Å². The summed E-state index contributed by atoms with van der Waals surface area (Å²) in [4.78, 5) is 0. The fourth-order valence-corrected chi connectivity index (χ4v) is 3.20. The molecule has 0 N–H and O–H groups in total. The van der Waals surface area contributed by atoms with E-state index < -0.39 is 5.60 Å². The first-order valence-electron chi connectivity index (χ1n) is 8.22. The molecule has 2 aromatic carbocycles. The van der Waals surface area contributed by atoms with E-state index in [2.05, 4.69) is 37.3 Å². The van der Waals surface area contributed by atoms with E-state index in [9.17, 15) is 5.26 Å². The van der Waals surface area contributed by atoms with Crippen LogP contribution in [0.25, 0.3) is 0 Å². The highest BCUT2D eigenvalue weighted by Gasteiger charge is 2.43. The molecule has 0 fully saturated rings. The summed E-state index contributed by atoms with van der Waals surface area (Å²) in [6.45, 7) is 2.16. The molecule has 2 nitrogen and oxygen atoms in total. The van der Waals surface area contributed by atoms with E-state index in [0.717, 1.165) is 41.7 Å². The lowest BCUT2D eigenvalue weighted by Gasteiger charge is -2.31. The van der Waals surface area contributed by atoms with Crippen molar-refractivity contribution in [1.82, 2.24) is 0 Å². The van der Waals surface area contributed by atoms with Crippen LogP contribution in [-0.2, 0) is 10.3 Å². The standard InChI is InChI=1S/C21H21NO/c1-2-3-14-20-17(16-22)15-21(23-20,18-10-6-4-7-11-18)19-12-8-5-9-13-19/h4-13H,2-3,14-15H2,1H3. The van der Waals surface area contributed by atoms with Gasteiger partial charge in [0.25, 0.3) is 0 Å². The molecule has 0 unspecified atom stereocenters. The molecule has 0 amide bonds. The minimum absolute atomic E-state index is 0.573. The average Bonchev–Trinajstić information content (AvgIpc) is 3.01. The summed E-state index contributed by atoms with van der Waals surface area (Å²) < 4.78 is 6.48. The third kappa shape index (κ3) is 2.87. The Morgan fingerprint density at radius 3 is 2.04 bits per heavy atom. The number of hydrogen-bond acceptors (Lipinski definition) is 2. The lowest BCUT2D eigenvalue weighted by Crippen LogP contribution is -2.27. The maximum atomic E-state index is 9.57. The van der Waals surface area contributed by atoms with Crippen molar-refractivity contribution >= 4 is 0 Å². The van der Waals surface area contributed by atoms with Crippen LogP contribution in [0.1, 0.15) is 43.7 Å². The van der Waals surface area contributed by atoms with Crippen molar-refractivity contribution < 1.29 is 4.74 Å². The predicted molar refractivity (Wildman–Crippen MR) is 91.5 cm³/mol. The van der Waals surface area contributed by atoms with Crippen LogP contribution in [0.15, 0.2) is 72.0 Å². The normalized spacial score (nSPS) is 16.0. The molecule has 2 aromatic rings. The highest BCUT2D eigenvalue weighted by Crippen LogP contribution is 2.47. The van der Waals surface area contributed by atoms with Gasteiger partial charge in [-0.15, -0.1) is 0 Å². The highest BCUT2D eigenvalue weighted by molar-refractivity contribution is 5.45. The maximum absolute atomic E-state index is 9.57. The van der Waals surface area contributed by atoms with Gasteiger partial charge >= 0.3 is 0 Å². The molecule has 0 atom stereocenters. The maximum Gasteiger partial charge on any atom is 0.163 e. The zero-order chi connectivity index (χ0) is 16.1. The monoisotopic (exact) mass is 303 g/mol. The van der Waals surface area contributed by atoms with Crippen LogP contribution in [0.3, 0.4) is 0 Å². The molecule has 0 bridgehead atoms. The minimum atomic E-state index is -0.573. The molecule has 1 heterocycles. The lowest BCUT2D eigenvalue weighted by atomic mass is 9.82. The molecule has 23 heavy (non-hydrogen) atoms. The largest absolute Gasteiger partial charge is 0.481 e. The van der Waals surface area contributed by atoms with Crippen molar-refractivity contribution in [2.45, 2.75) is 38.2 Å². The first-order chi connectivity index (χ1) is 11.3. The van der Waals surface area contributed by atoms with Crippen molar-refractivity contribution in [2.24, 2.45) is 0 Å². The Labute approximate surface area is 138 Å². The first-order valence-corrected chi connectivity index (χ1v) is 8.22. The Morgan fingerprint density at radius 2 is 1.57 bits per heavy atom. The Bertz CT molecular complexity index is 686. The predicted octanol–water partition coefficient (Wildman–Crippen LogP) is 5.32. The Morgan fingerprint density at radius 1 is 1.00 bits per heavy atom. The Kier molecular flexibility index (Phi) is 4.48. The van der Waals surface area contributed by atoms with Gasteiger partial charge in [-0.2, -0.15) is 5.26 Å². The molecule has 1 aliphatic heterocycles. The number of unbranched alkanes of at least 4 members (excludes halogenated alkanes) is 1. The van der Waals surface area contributed by atoms with Crippen LogP contribution in [0, 0.1) is 11.3 Å². The number of benzene rings is 2. The van der Waals surface area contributed by atoms with E-state index >= 15 is 0 Å². The first kappa shape index (κ1) is 15.4. The molecule has 2 heteroatoms. The Balaban J connectivity index is 2.05. The van der Waals surface area contributed by atoms with Crippen LogP contribution in [0.5, 0.6) is 0 Å². The molecule has 0 aliphatic carbocycles. The SMILES string of the molecule is CCCCC1=C(C#N)CC(c2ccccc2)(c2ccccc2)O1. The minimum Gasteiger partial charge on any atom is -0.481 e. The summed E-state index contributed by atoms with van der Waals surface area (Å²) in [6.07, 6.45) is 3.58. The third-order valence-electron chi connectivity index (χ3n) is 4.43. The molecule has 0 saturated heterocycles. The number of allylic oxidation sites excluding steroid dienone is 1. The number of rotatable bonds is 5. The molecular weight excluding hydrogens is 282 g/mol. The van der Waals surface area contributed by atoms with E-state index in [1.807, 2.05) is 36.4 Å². The highest BCUT2D eigenvalue weighted by atomic mass is 16.5. The fourth-order valence-electron chi connectivity index (χ4n) is 3.20. The van der Waals surface area contributed by atoms with Gasteiger partial charge in [0, 0.05) is 24.0 Å². The summed E-state index contributed by atoms with van der Waals surface area (Å²) in [5.41, 5.74) is 2.42. The second kappa shape index (κ2) is 6.71. The topological polar surface area (TPSA) is 33.0 Å². The zero-order valence-corrected chi connectivity index (χ0v) is 13.5. The zero-order valence-electron chi connectivity index (χ0n) is 13.5. The van der Waals surface area contributed by atoms with Crippen molar-refractivity contribution in [3.05, 3.63) is 83.1 Å². The number of ether oxygens (including phenoxy) is 1. The fraction of sp³-hybridized carbons (Fsp3) is 0.286. The van der Waals surface area contributed by atoms with Crippen LogP contribution in [0.4, 0.5) is 0 Å².